The van der Waals surface area contributed by atoms with E-state index >= 15 is 0 Å². The number of nitrogens with zero attached hydrogens (tertiary/aromatic N) is 1. The number of anilines is 1. The highest BCUT2D eigenvalue weighted by Gasteiger charge is 2.36. The Morgan fingerprint density at radius 1 is 0.767 bits per heavy atom. The van der Waals surface area contributed by atoms with Crippen molar-refractivity contribution < 1.29 is 23.9 Å². The van der Waals surface area contributed by atoms with E-state index in [9.17, 15) is 19.2 Å². The van der Waals surface area contributed by atoms with Crippen LogP contribution in [0.4, 0.5) is 5.69 Å². The summed E-state index contributed by atoms with van der Waals surface area (Å²) >= 11 is 0. The second kappa shape index (κ2) is 7.63. The lowest BCUT2D eigenvalue weighted by Gasteiger charge is -2.16. The van der Waals surface area contributed by atoms with Crippen molar-refractivity contribution in [2.75, 3.05) is 4.90 Å². The molecule has 1 atom stereocenters. The Morgan fingerprint density at radius 2 is 1.30 bits per heavy atom. The lowest BCUT2D eigenvalue weighted by molar-refractivity contribution is -0.127. The number of carbonyl (C=O) groups is 4. The predicted molar refractivity (Wildman–Crippen MR) is 108 cm³/mol. The van der Waals surface area contributed by atoms with E-state index in [2.05, 4.69) is 0 Å². The van der Waals surface area contributed by atoms with Crippen LogP contribution in [0.5, 0.6) is 0 Å². The van der Waals surface area contributed by atoms with Crippen LogP contribution in [-0.2, 0) is 9.53 Å². The molecule has 0 saturated carbocycles. The van der Waals surface area contributed by atoms with Crippen LogP contribution >= 0.6 is 0 Å². The van der Waals surface area contributed by atoms with Gasteiger partial charge >= 0.3 is 5.97 Å². The fraction of sp³-hybridized carbons (Fsp3) is 0.0435. The van der Waals surface area contributed by atoms with E-state index in [-0.39, 0.29) is 5.56 Å². The zero-order chi connectivity index (χ0) is 21.3. The second-order valence-corrected chi connectivity index (χ2v) is 6.64. The molecule has 7 heteroatoms. The van der Waals surface area contributed by atoms with Crippen LogP contribution in [0.3, 0.4) is 0 Å². The zero-order valence-corrected chi connectivity index (χ0v) is 15.6. The Morgan fingerprint density at radius 3 is 1.83 bits per heavy atom. The van der Waals surface area contributed by atoms with Crippen molar-refractivity contribution in [3.8, 4) is 0 Å². The molecule has 148 valence electrons. The molecular weight excluding hydrogens is 384 g/mol. The standard InChI is InChI=1S/C23H16N2O5/c24-20(26)19(14-6-2-1-3-7-14)30-23(29)15-10-12-16(13-11-15)25-21(27)17-8-4-5-9-18(17)22(25)28/h1-13,19H,(H2,24,26)/t19-/m1/s1. The molecule has 3 aromatic rings. The van der Waals surface area contributed by atoms with E-state index in [0.717, 1.165) is 4.90 Å². The number of imide groups is 1. The minimum Gasteiger partial charge on any atom is -0.444 e. The Labute approximate surface area is 171 Å². The number of nitrogens with two attached hydrogens (primary N) is 1. The van der Waals surface area contributed by atoms with Crippen LogP contribution in [0.2, 0.25) is 0 Å². The first-order valence-electron chi connectivity index (χ1n) is 9.10. The highest BCUT2D eigenvalue weighted by Crippen LogP contribution is 2.28. The summed E-state index contributed by atoms with van der Waals surface area (Å²) in [6.45, 7) is 0. The number of esters is 1. The molecule has 0 aliphatic carbocycles. The van der Waals surface area contributed by atoms with Gasteiger partial charge in [-0.25, -0.2) is 9.69 Å². The normalized spacial score (nSPS) is 13.7. The van der Waals surface area contributed by atoms with Gasteiger partial charge in [-0.2, -0.15) is 0 Å². The lowest BCUT2D eigenvalue weighted by Crippen LogP contribution is -2.29. The predicted octanol–water partition coefficient (Wildman–Crippen LogP) is 2.87. The molecule has 7 nitrogen and oxygen atoms in total. The third kappa shape index (κ3) is 3.33. The molecule has 4 rings (SSSR count). The third-order valence-corrected chi connectivity index (χ3v) is 4.74. The first kappa shape index (κ1) is 19.1. The van der Waals surface area contributed by atoms with E-state index in [4.69, 9.17) is 10.5 Å². The van der Waals surface area contributed by atoms with Gasteiger partial charge in [0.15, 0.2) is 0 Å². The van der Waals surface area contributed by atoms with Gasteiger partial charge in [0.1, 0.15) is 0 Å². The van der Waals surface area contributed by atoms with Crippen molar-refractivity contribution >= 4 is 29.4 Å². The number of primary amides is 1. The van der Waals surface area contributed by atoms with Gasteiger partial charge in [-0.05, 0) is 36.4 Å². The maximum atomic E-state index is 12.6. The van der Waals surface area contributed by atoms with Crippen LogP contribution in [-0.4, -0.2) is 23.7 Å². The summed E-state index contributed by atoms with van der Waals surface area (Å²) in [4.78, 5) is 50.4. The summed E-state index contributed by atoms with van der Waals surface area (Å²) in [5.74, 6) is -2.40. The van der Waals surface area contributed by atoms with Crippen molar-refractivity contribution in [3.63, 3.8) is 0 Å². The van der Waals surface area contributed by atoms with Crippen LogP contribution in [0.15, 0.2) is 78.9 Å². The molecule has 1 heterocycles. The summed E-state index contributed by atoms with van der Waals surface area (Å²) in [6.07, 6.45) is -1.23. The number of hydrogen-bond acceptors (Lipinski definition) is 5. The number of ether oxygens (including phenoxy) is 1. The highest BCUT2D eigenvalue weighted by molar-refractivity contribution is 6.34. The average molecular weight is 400 g/mol. The van der Waals surface area contributed by atoms with Crippen molar-refractivity contribution in [3.05, 3.63) is 101 Å². The lowest BCUT2D eigenvalue weighted by atomic mass is 10.1. The molecule has 1 aliphatic heterocycles. The molecule has 0 unspecified atom stereocenters. The molecule has 0 bridgehead atoms. The van der Waals surface area contributed by atoms with Crippen molar-refractivity contribution in [1.82, 2.24) is 0 Å². The first-order chi connectivity index (χ1) is 14.5. The molecule has 0 spiro atoms. The Hall–Kier alpha value is -4.26. The molecule has 0 fully saturated rings. The highest BCUT2D eigenvalue weighted by atomic mass is 16.5. The van der Waals surface area contributed by atoms with E-state index in [0.29, 0.717) is 22.4 Å². The molecule has 2 N–H and O–H groups in total. The summed E-state index contributed by atoms with van der Waals surface area (Å²) < 4.78 is 5.28. The van der Waals surface area contributed by atoms with Crippen LogP contribution in [0.1, 0.15) is 42.7 Å². The third-order valence-electron chi connectivity index (χ3n) is 4.74. The second-order valence-electron chi connectivity index (χ2n) is 6.64. The molecule has 0 saturated heterocycles. The van der Waals surface area contributed by atoms with Gasteiger partial charge in [0, 0.05) is 5.56 Å². The van der Waals surface area contributed by atoms with Crippen molar-refractivity contribution in [2.45, 2.75) is 6.10 Å². The molecule has 0 radical (unpaired) electrons. The smallest absolute Gasteiger partial charge is 0.339 e. The average Bonchev–Trinajstić information content (AvgIpc) is 3.03. The number of fused-ring (bicyclic) bond motifs is 1. The quantitative estimate of drug-likeness (QED) is 0.523. The fourth-order valence-corrected chi connectivity index (χ4v) is 3.26. The van der Waals surface area contributed by atoms with Gasteiger partial charge in [0.05, 0.1) is 22.4 Å². The maximum absolute atomic E-state index is 12.6. The molecule has 1 aliphatic rings. The summed E-state index contributed by atoms with van der Waals surface area (Å²) in [7, 11) is 0. The monoisotopic (exact) mass is 400 g/mol. The minimum absolute atomic E-state index is 0.151. The number of amides is 3. The summed E-state index contributed by atoms with van der Waals surface area (Å²) in [5, 5.41) is 0. The van der Waals surface area contributed by atoms with E-state index < -0.39 is 29.8 Å². The first-order valence-corrected chi connectivity index (χ1v) is 9.10. The molecular formula is C23H16N2O5. The van der Waals surface area contributed by atoms with Crippen molar-refractivity contribution in [2.24, 2.45) is 5.73 Å². The van der Waals surface area contributed by atoms with Gasteiger partial charge in [-0.15, -0.1) is 0 Å². The maximum Gasteiger partial charge on any atom is 0.339 e. The van der Waals surface area contributed by atoms with E-state index in [1.54, 1.807) is 54.6 Å². The Balaban J connectivity index is 1.54. The SMILES string of the molecule is NC(=O)[C@H](OC(=O)c1ccc(N2C(=O)c3ccccc3C2=O)cc1)c1ccccc1. The number of rotatable bonds is 5. The van der Waals surface area contributed by atoms with E-state index in [1.165, 1.54) is 24.3 Å². The van der Waals surface area contributed by atoms with Gasteiger partial charge < -0.3 is 10.5 Å². The van der Waals surface area contributed by atoms with Gasteiger partial charge in [-0.3, -0.25) is 14.4 Å². The Kier molecular flexibility index (Phi) is 4.85. The number of hydrogen-bond donors (Lipinski definition) is 1. The minimum atomic E-state index is -1.23. The summed E-state index contributed by atoms with van der Waals surface area (Å²) in [5.41, 5.74) is 6.98. The van der Waals surface area contributed by atoms with E-state index in [1.807, 2.05) is 0 Å². The van der Waals surface area contributed by atoms with Gasteiger partial charge in [-0.1, -0.05) is 42.5 Å². The van der Waals surface area contributed by atoms with Crippen LogP contribution in [0.25, 0.3) is 0 Å². The Bertz CT molecular complexity index is 1120. The number of benzene rings is 3. The molecule has 3 amide bonds. The van der Waals surface area contributed by atoms with Gasteiger partial charge in [0.2, 0.25) is 6.10 Å². The van der Waals surface area contributed by atoms with Gasteiger partial charge in [0.25, 0.3) is 17.7 Å². The zero-order valence-electron chi connectivity index (χ0n) is 15.6. The van der Waals surface area contributed by atoms with Crippen molar-refractivity contribution in [1.29, 1.82) is 0 Å². The number of carbonyl (C=O) groups excluding carboxylic acids is 4. The molecule has 0 aromatic heterocycles. The molecule has 30 heavy (non-hydrogen) atoms. The largest absolute Gasteiger partial charge is 0.444 e. The topological polar surface area (TPSA) is 107 Å². The van der Waals surface area contributed by atoms with Crippen LogP contribution in [0, 0.1) is 0 Å². The fourth-order valence-electron chi connectivity index (χ4n) is 3.26. The summed E-state index contributed by atoms with van der Waals surface area (Å²) in [6, 6.07) is 20.8. The van der Waals surface area contributed by atoms with Crippen LogP contribution < -0.4 is 10.6 Å². The molecule has 3 aromatic carbocycles.